The molecule has 2 amide bonds. The van der Waals surface area contributed by atoms with Gasteiger partial charge >= 0.3 is 0 Å². The lowest BCUT2D eigenvalue weighted by molar-refractivity contribution is -0.140. The fourth-order valence-electron chi connectivity index (χ4n) is 5.53. The first-order valence-electron chi connectivity index (χ1n) is 12.2. The first-order chi connectivity index (χ1) is 16.8. The van der Waals surface area contributed by atoms with E-state index < -0.39 is 23.9 Å². The van der Waals surface area contributed by atoms with Gasteiger partial charge in [-0.2, -0.15) is 0 Å². The lowest BCUT2D eigenvalue weighted by Crippen LogP contribution is -2.38. The summed E-state index contributed by atoms with van der Waals surface area (Å²) < 4.78 is 0. The van der Waals surface area contributed by atoms with Gasteiger partial charge in [0.15, 0.2) is 0 Å². The minimum Gasteiger partial charge on any atom is -0.508 e. The predicted octanol–water partition coefficient (Wildman–Crippen LogP) is 4.52. The second-order valence-electron chi connectivity index (χ2n) is 9.51. The van der Waals surface area contributed by atoms with Crippen molar-refractivity contribution in [2.75, 3.05) is 6.61 Å². The maximum Gasteiger partial charge on any atom is 0.234 e. The van der Waals surface area contributed by atoms with Crippen molar-refractivity contribution in [2.45, 2.75) is 52.2 Å². The van der Waals surface area contributed by atoms with E-state index in [1.165, 1.54) is 16.2 Å². The number of carbonyl (C=O) groups excluding carboxylic acids is 2. The van der Waals surface area contributed by atoms with Crippen LogP contribution in [-0.2, 0) is 16.1 Å². The summed E-state index contributed by atoms with van der Waals surface area (Å²) in [7, 11) is 0. The molecule has 0 saturated carbocycles. The summed E-state index contributed by atoms with van der Waals surface area (Å²) in [6.45, 7) is 3.96. The summed E-state index contributed by atoms with van der Waals surface area (Å²) in [4.78, 5) is 28.7. The number of aliphatic hydroxyl groups is 2. The third-order valence-electron chi connectivity index (χ3n) is 7.33. The zero-order valence-corrected chi connectivity index (χ0v) is 21.0. The van der Waals surface area contributed by atoms with Gasteiger partial charge in [0.1, 0.15) is 5.75 Å². The molecule has 1 aromatic heterocycles. The Kier molecular flexibility index (Phi) is 7.89. The number of aromatic hydroxyl groups is 1. The normalized spacial score (nSPS) is 23.7. The SMILES string of the molecule is CC/C(=C\c1ccc(O)cc1)CC[C@@H](O)C1=C(C)C[C@H]2C(=O)N(Cc3cccs3)C(=O)[C@H]2[C@H]1CO. The predicted molar refractivity (Wildman–Crippen MR) is 136 cm³/mol. The summed E-state index contributed by atoms with van der Waals surface area (Å²) in [6, 6.07) is 10.8. The van der Waals surface area contributed by atoms with Crippen molar-refractivity contribution in [1.82, 2.24) is 4.90 Å². The van der Waals surface area contributed by atoms with E-state index >= 15 is 0 Å². The van der Waals surface area contributed by atoms with Crippen LogP contribution in [0.5, 0.6) is 5.75 Å². The number of allylic oxidation sites excluding steroid dienone is 2. The maximum absolute atomic E-state index is 13.3. The highest BCUT2D eigenvalue weighted by Crippen LogP contribution is 2.46. The number of nitrogens with zero attached hydrogens (tertiary/aromatic N) is 1. The largest absolute Gasteiger partial charge is 0.508 e. The quantitative estimate of drug-likeness (QED) is 0.351. The molecule has 1 aliphatic heterocycles. The summed E-state index contributed by atoms with van der Waals surface area (Å²) in [6.07, 6.45) is 3.67. The number of rotatable bonds is 9. The average Bonchev–Trinajstić information content (AvgIpc) is 3.45. The van der Waals surface area contributed by atoms with E-state index in [9.17, 15) is 24.9 Å². The van der Waals surface area contributed by atoms with Crippen LogP contribution in [0.2, 0.25) is 0 Å². The second kappa shape index (κ2) is 10.9. The van der Waals surface area contributed by atoms with Gasteiger partial charge in [-0.25, -0.2) is 0 Å². The number of likely N-dealkylation sites (tertiary alicyclic amines) is 1. The molecule has 2 aliphatic rings. The van der Waals surface area contributed by atoms with Crippen LogP contribution in [0.3, 0.4) is 0 Å². The second-order valence-corrected chi connectivity index (χ2v) is 10.5. The van der Waals surface area contributed by atoms with Gasteiger partial charge in [0.2, 0.25) is 11.8 Å². The number of amides is 2. The molecule has 1 aliphatic carbocycles. The minimum atomic E-state index is -0.794. The number of aliphatic hydroxyl groups excluding tert-OH is 2. The Labute approximate surface area is 210 Å². The van der Waals surface area contributed by atoms with Crippen LogP contribution in [0.25, 0.3) is 6.08 Å². The fraction of sp³-hybridized carbons (Fsp3) is 0.429. The molecule has 3 N–H and O–H groups in total. The molecule has 0 bridgehead atoms. The molecular weight excluding hydrogens is 462 g/mol. The van der Waals surface area contributed by atoms with Gasteiger partial charge in [-0.1, -0.05) is 42.3 Å². The van der Waals surface area contributed by atoms with Crippen molar-refractivity contribution in [2.24, 2.45) is 17.8 Å². The third-order valence-corrected chi connectivity index (χ3v) is 8.19. The number of imide groups is 1. The molecule has 6 nitrogen and oxygen atoms in total. The van der Waals surface area contributed by atoms with Crippen LogP contribution >= 0.6 is 11.3 Å². The molecule has 35 heavy (non-hydrogen) atoms. The van der Waals surface area contributed by atoms with E-state index in [0.717, 1.165) is 28.0 Å². The molecule has 2 aromatic rings. The lowest BCUT2D eigenvalue weighted by Gasteiger charge is -2.35. The Balaban J connectivity index is 1.50. The van der Waals surface area contributed by atoms with Gasteiger partial charge < -0.3 is 15.3 Å². The number of phenolic OH excluding ortho intramolecular Hbond substituents is 1. The first-order valence-corrected chi connectivity index (χ1v) is 13.1. The highest BCUT2D eigenvalue weighted by molar-refractivity contribution is 7.09. The zero-order valence-electron chi connectivity index (χ0n) is 20.2. The van der Waals surface area contributed by atoms with Crippen molar-refractivity contribution in [1.29, 1.82) is 0 Å². The molecule has 0 spiro atoms. The van der Waals surface area contributed by atoms with Crippen LogP contribution < -0.4 is 0 Å². The number of carbonyl (C=O) groups is 2. The van der Waals surface area contributed by atoms with Crippen LogP contribution in [0.4, 0.5) is 0 Å². The topological polar surface area (TPSA) is 98.1 Å². The van der Waals surface area contributed by atoms with Gasteiger partial charge in [0, 0.05) is 10.8 Å². The Morgan fingerprint density at radius 2 is 1.94 bits per heavy atom. The molecule has 1 fully saturated rings. The Hall–Kier alpha value is -2.74. The van der Waals surface area contributed by atoms with Gasteiger partial charge in [-0.3, -0.25) is 14.5 Å². The number of benzene rings is 1. The maximum atomic E-state index is 13.3. The monoisotopic (exact) mass is 495 g/mol. The van der Waals surface area contributed by atoms with Gasteiger partial charge in [-0.15, -0.1) is 11.3 Å². The van der Waals surface area contributed by atoms with Crippen LogP contribution in [0, 0.1) is 17.8 Å². The molecule has 7 heteroatoms. The summed E-state index contributed by atoms with van der Waals surface area (Å²) in [5.74, 6) is -1.86. The van der Waals surface area contributed by atoms with Crippen molar-refractivity contribution < 1.29 is 24.9 Å². The summed E-state index contributed by atoms with van der Waals surface area (Å²) >= 11 is 1.51. The van der Waals surface area contributed by atoms with Crippen molar-refractivity contribution >= 4 is 29.2 Å². The van der Waals surface area contributed by atoms with Crippen LogP contribution in [-0.4, -0.2) is 44.7 Å². The molecule has 0 unspecified atom stereocenters. The smallest absolute Gasteiger partial charge is 0.234 e. The van der Waals surface area contributed by atoms with E-state index in [-0.39, 0.29) is 30.7 Å². The lowest BCUT2D eigenvalue weighted by atomic mass is 9.68. The molecule has 4 rings (SSSR count). The molecule has 186 valence electrons. The average molecular weight is 496 g/mol. The zero-order chi connectivity index (χ0) is 25.1. The van der Waals surface area contributed by atoms with E-state index in [0.29, 0.717) is 24.8 Å². The van der Waals surface area contributed by atoms with Crippen molar-refractivity contribution in [3.05, 3.63) is 68.9 Å². The van der Waals surface area contributed by atoms with E-state index in [1.54, 1.807) is 12.1 Å². The summed E-state index contributed by atoms with van der Waals surface area (Å²) in [5.41, 5.74) is 3.76. The molecule has 1 saturated heterocycles. The molecule has 4 atom stereocenters. The molecule has 1 aromatic carbocycles. The number of hydrogen-bond acceptors (Lipinski definition) is 6. The Morgan fingerprint density at radius 1 is 1.20 bits per heavy atom. The van der Waals surface area contributed by atoms with Crippen molar-refractivity contribution in [3.63, 3.8) is 0 Å². The van der Waals surface area contributed by atoms with E-state index in [4.69, 9.17) is 0 Å². The molecule has 0 radical (unpaired) electrons. The van der Waals surface area contributed by atoms with Crippen LogP contribution in [0.15, 0.2) is 58.5 Å². The fourth-order valence-corrected chi connectivity index (χ4v) is 6.22. The third kappa shape index (κ3) is 5.27. The minimum absolute atomic E-state index is 0.176. The summed E-state index contributed by atoms with van der Waals surface area (Å²) in [5, 5.41) is 32.9. The Morgan fingerprint density at radius 3 is 2.57 bits per heavy atom. The highest BCUT2D eigenvalue weighted by atomic mass is 32.1. The van der Waals surface area contributed by atoms with Crippen molar-refractivity contribution in [3.8, 4) is 5.75 Å². The first kappa shape index (κ1) is 25.4. The van der Waals surface area contributed by atoms with E-state index in [2.05, 4.69) is 13.0 Å². The van der Waals surface area contributed by atoms with Gasteiger partial charge in [0.05, 0.1) is 31.1 Å². The molecule has 2 heterocycles. The van der Waals surface area contributed by atoms with Gasteiger partial charge in [0.25, 0.3) is 0 Å². The standard InChI is InChI=1S/C28H33NO5S/c1-3-18(14-19-6-9-20(31)10-7-19)8-11-24(32)25-17(2)13-22-26(23(25)16-30)28(34)29(27(22)33)15-21-5-4-12-35-21/h4-7,9-10,12,14,22-24,26,30-32H,3,8,11,13,15-16H2,1-2H3/b18-14+/t22-,23+,24-,26-/m1/s1. The number of phenols is 1. The highest BCUT2D eigenvalue weighted by Gasteiger charge is 2.54. The Bertz CT molecular complexity index is 1120. The van der Waals surface area contributed by atoms with E-state index in [1.807, 2.05) is 36.6 Å². The molecular formula is C28H33NO5S. The number of thiophene rings is 1. The van der Waals surface area contributed by atoms with Crippen LogP contribution in [0.1, 0.15) is 50.0 Å². The van der Waals surface area contributed by atoms with Gasteiger partial charge in [-0.05, 0) is 67.3 Å². The number of hydrogen-bond donors (Lipinski definition) is 3. The number of fused-ring (bicyclic) bond motifs is 1.